The Morgan fingerprint density at radius 1 is 1.31 bits per heavy atom. The van der Waals surface area contributed by atoms with Gasteiger partial charge in [0, 0.05) is 23.4 Å². The second kappa shape index (κ2) is 7.21. The first-order valence-corrected chi connectivity index (χ1v) is 7.40. The summed E-state index contributed by atoms with van der Waals surface area (Å²) < 4.78 is 0. The van der Waals surface area contributed by atoms with E-state index in [-0.39, 0.29) is 0 Å². The zero-order chi connectivity index (χ0) is 12.0. The fourth-order valence-electron chi connectivity index (χ4n) is 1.75. The standard InChI is InChI=1S/C13H20ClNS/c1-10(2)13(15-8-9-16-3)11-6-4-5-7-12(11)14/h4-7,10,13,15H,8-9H2,1-3H3. The minimum absolute atomic E-state index is 0.348. The van der Waals surface area contributed by atoms with Crippen LogP contribution in [0.1, 0.15) is 25.5 Å². The molecule has 0 fully saturated rings. The molecule has 0 spiro atoms. The van der Waals surface area contributed by atoms with Gasteiger partial charge in [0.2, 0.25) is 0 Å². The highest BCUT2D eigenvalue weighted by Crippen LogP contribution is 2.27. The fourth-order valence-corrected chi connectivity index (χ4v) is 2.32. The number of thioether (sulfide) groups is 1. The monoisotopic (exact) mass is 257 g/mol. The molecule has 0 heterocycles. The topological polar surface area (TPSA) is 12.0 Å². The van der Waals surface area contributed by atoms with Crippen LogP contribution in [-0.2, 0) is 0 Å². The van der Waals surface area contributed by atoms with E-state index in [1.54, 1.807) is 0 Å². The summed E-state index contributed by atoms with van der Waals surface area (Å²) in [5.41, 5.74) is 1.21. The lowest BCUT2D eigenvalue weighted by atomic mass is 9.96. The van der Waals surface area contributed by atoms with Gasteiger partial charge in [-0.25, -0.2) is 0 Å². The van der Waals surface area contributed by atoms with Gasteiger partial charge in [-0.3, -0.25) is 0 Å². The fraction of sp³-hybridized carbons (Fsp3) is 0.538. The highest BCUT2D eigenvalue weighted by Gasteiger charge is 2.16. The molecule has 90 valence electrons. The summed E-state index contributed by atoms with van der Waals surface area (Å²) in [4.78, 5) is 0. The van der Waals surface area contributed by atoms with Gasteiger partial charge in [-0.05, 0) is 23.8 Å². The summed E-state index contributed by atoms with van der Waals surface area (Å²) in [6.07, 6.45) is 2.13. The van der Waals surface area contributed by atoms with Gasteiger partial charge in [-0.2, -0.15) is 11.8 Å². The molecular formula is C13H20ClNS. The van der Waals surface area contributed by atoms with E-state index < -0.39 is 0 Å². The smallest absolute Gasteiger partial charge is 0.0453 e. The lowest BCUT2D eigenvalue weighted by Gasteiger charge is -2.23. The average molecular weight is 258 g/mol. The predicted molar refractivity (Wildman–Crippen MR) is 75.4 cm³/mol. The summed E-state index contributed by atoms with van der Waals surface area (Å²) in [6.45, 7) is 5.47. The summed E-state index contributed by atoms with van der Waals surface area (Å²) in [5.74, 6) is 1.68. The van der Waals surface area contributed by atoms with E-state index in [4.69, 9.17) is 11.6 Å². The SMILES string of the molecule is CSCCNC(c1ccccc1Cl)C(C)C. The maximum absolute atomic E-state index is 6.23. The molecule has 1 aromatic carbocycles. The Kier molecular flexibility index (Phi) is 6.25. The van der Waals surface area contributed by atoms with Crippen LogP contribution in [0.25, 0.3) is 0 Å². The third-order valence-corrected chi connectivity index (χ3v) is 3.53. The van der Waals surface area contributed by atoms with Crippen LogP contribution in [0.15, 0.2) is 24.3 Å². The van der Waals surface area contributed by atoms with Gasteiger partial charge in [0.1, 0.15) is 0 Å². The molecule has 16 heavy (non-hydrogen) atoms. The molecule has 0 aliphatic heterocycles. The Hall–Kier alpha value is -0.180. The molecular weight excluding hydrogens is 238 g/mol. The van der Waals surface area contributed by atoms with E-state index in [1.165, 1.54) is 5.56 Å². The van der Waals surface area contributed by atoms with Crippen molar-refractivity contribution in [3.05, 3.63) is 34.9 Å². The molecule has 0 aromatic heterocycles. The van der Waals surface area contributed by atoms with Gasteiger partial charge in [-0.15, -0.1) is 0 Å². The predicted octanol–water partition coefficient (Wildman–Crippen LogP) is 3.99. The number of hydrogen-bond acceptors (Lipinski definition) is 2. The summed E-state index contributed by atoms with van der Waals surface area (Å²) in [5, 5.41) is 4.43. The largest absolute Gasteiger partial charge is 0.309 e. The number of benzene rings is 1. The van der Waals surface area contributed by atoms with Crippen LogP contribution in [0.2, 0.25) is 5.02 Å². The first-order chi connectivity index (χ1) is 7.66. The van der Waals surface area contributed by atoms with Crippen LogP contribution < -0.4 is 5.32 Å². The second-order valence-electron chi connectivity index (χ2n) is 4.19. The Morgan fingerprint density at radius 3 is 2.56 bits per heavy atom. The summed E-state index contributed by atoms with van der Waals surface area (Å²) in [6, 6.07) is 8.44. The molecule has 1 rings (SSSR count). The van der Waals surface area contributed by atoms with Gasteiger partial charge in [0.05, 0.1) is 0 Å². The van der Waals surface area contributed by atoms with Crippen molar-refractivity contribution in [2.24, 2.45) is 5.92 Å². The molecule has 1 unspecified atom stereocenters. The van der Waals surface area contributed by atoms with Crippen molar-refractivity contribution in [1.82, 2.24) is 5.32 Å². The molecule has 0 saturated carbocycles. The van der Waals surface area contributed by atoms with Crippen molar-refractivity contribution in [3.8, 4) is 0 Å². The van der Waals surface area contributed by atoms with Gasteiger partial charge < -0.3 is 5.32 Å². The number of hydrogen-bond donors (Lipinski definition) is 1. The molecule has 0 amide bonds. The van der Waals surface area contributed by atoms with Crippen molar-refractivity contribution < 1.29 is 0 Å². The maximum atomic E-state index is 6.23. The van der Waals surface area contributed by atoms with Crippen molar-refractivity contribution in [2.75, 3.05) is 18.6 Å². The lowest BCUT2D eigenvalue weighted by molar-refractivity contribution is 0.423. The molecule has 1 nitrogen and oxygen atoms in total. The average Bonchev–Trinajstić information content (AvgIpc) is 2.25. The highest BCUT2D eigenvalue weighted by molar-refractivity contribution is 7.98. The van der Waals surface area contributed by atoms with Crippen LogP contribution in [-0.4, -0.2) is 18.6 Å². The molecule has 0 saturated heterocycles. The van der Waals surface area contributed by atoms with E-state index in [2.05, 4.69) is 31.5 Å². The van der Waals surface area contributed by atoms with E-state index in [1.807, 2.05) is 30.0 Å². The molecule has 0 aliphatic carbocycles. The van der Waals surface area contributed by atoms with E-state index in [0.717, 1.165) is 17.3 Å². The third-order valence-electron chi connectivity index (χ3n) is 2.58. The van der Waals surface area contributed by atoms with Crippen molar-refractivity contribution in [2.45, 2.75) is 19.9 Å². The number of rotatable bonds is 6. The molecule has 1 N–H and O–H groups in total. The van der Waals surface area contributed by atoms with Crippen LogP contribution in [0.5, 0.6) is 0 Å². The summed E-state index contributed by atoms with van der Waals surface area (Å²) >= 11 is 8.09. The van der Waals surface area contributed by atoms with Crippen molar-refractivity contribution in [3.63, 3.8) is 0 Å². The van der Waals surface area contributed by atoms with Crippen molar-refractivity contribution in [1.29, 1.82) is 0 Å². The summed E-state index contributed by atoms with van der Waals surface area (Å²) in [7, 11) is 0. The zero-order valence-corrected chi connectivity index (χ0v) is 11.7. The van der Waals surface area contributed by atoms with Crippen LogP contribution in [0, 0.1) is 5.92 Å². The maximum Gasteiger partial charge on any atom is 0.0453 e. The Morgan fingerprint density at radius 2 is 2.00 bits per heavy atom. The van der Waals surface area contributed by atoms with Gasteiger partial charge >= 0.3 is 0 Å². The minimum Gasteiger partial charge on any atom is -0.309 e. The Bertz CT molecular complexity index is 315. The lowest BCUT2D eigenvalue weighted by Crippen LogP contribution is -2.28. The Balaban J connectivity index is 2.74. The van der Waals surface area contributed by atoms with Gasteiger partial charge in [0.15, 0.2) is 0 Å². The van der Waals surface area contributed by atoms with Crippen LogP contribution in [0.3, 0.4) is 0 Å². The molecule has 0 bridgehead atoms. The first kappa shape index (κ1) is 13.9. The normalized spacial score (nSPS) is 13.1. The number of halogens is 1. The van der Waals surface area contributed by atoms with Gasteiger partial charge in [-0.1, -0.05) is 43.6 Å². The quantitative estimate of drug-likeness (QED) is 0.774. The molecule has 1 atom stereocenters. The highest BCUT2D eigenvalue weighted by atomic mass is 35.5. The van der Waals surface area contributed by atoms with Gasteiger partial charge in [0.25, 0.3) is 0 Å². The molecule has 3 heteroatoms. The molecule has 0 radical (unpaired) electrons. The Labute approximate surface area is 108 Å². The minimum atomic E-state index is 0.348. The molecule has 0 aliphatic rings. The third kappa shape index (κ3) is 4.00. The number of nitrogens with one attached hydrogen (secondary N) is 1. The zero-order valence-electron chi connectivity index (χ0n) is 10.2. The van der Waals surface area contributed by atoms with E-state index in [9.17, 15) is 0 Å². The van der Waals surface area contributed by atoms with Crippen LogP contribution in [0.4, 0.5) is 0 Å². The van der Waals surface area contributed by atoms with E-state index >= 15 is 0 Å². The van der Waals surface area contributed by atoms with Crippen LogP contribution >= 0.6 is 23.4 Å². The molecule has 1 aromatic rings. The first-order valence-electron chi connectivity index (χ1n) is 5.63. The second-order valence-corrected chi connectivity index (χ2v) is 5.58. The van der Waals surface area contributed by atoms with E-state index in [0.29, 0.717) is 12.0 Å². The van der Waals surface area contributed by atoms with Crippen molar-refractivity contribution >= 4 is 23.4 Å².